The summed E-state index contributed by atoms with van der Waals surface area (Å²) in [4.78, 5) is 12.3. The van der Waals surface area contributed by atoms with E-state index in [0.29, 0.717) is 37.4 Å². The fourth-order valence-electron chi connectivity index (χ4n) is 2.63. The highest BCUT2D eigenvalue weighted by Gasteiger charge is 2.28. The maximum absolute atomic E-state index is 12.8. The van der Waals surface area contributed by atoms with Gasteiger partial charge in [-0.15, -0.1) is 0 Å². The molecule has 6 nitrogen and oxygen atoms in total. The number of nitrogens with one attached hydrogen (secondary N) is 1. The molecule has 1 saturated heterocycles. The zero-order valence-corrected chi connectivity index (χ0v) is 14.5. The SMILES string of the molecule is COCCNC(=O)c1ccc(C)c(S(=O)(=O)N2CCCCC2)c1. The van der Waals surface area contributed by atoms with Crippen LogP contribution < -0.4 is 5.32 Å². The van der Waals surface area contributed by atoms with Crippen molar-refractivity contribution in [3.8, 4) is 0 Å². The summed E-state index contributed by atoms with van der Waals surface area (Å²) in [5, 5.41) is 2.71. The molecule has 1 aliphatic rings. The summed E-state index contributed by atoms with van der Waals surface area (Å²) in [5.74, 6) is -0.294. The number of piperidine rings is 1. The Morgan fingerprint density at radius 3 is 2.61 bits per heavy atom. The molecule has 0 unspecified atom stereocenters. The van der Waals surface area contributed by atoms with E-state index in [4.69, 9.17) is 4.74 Å². The first kappa shape index (κ1) is 17.9. The van der Waals surface area contributed by atoms with Crippen LogP contribution in [0.1, 0.15) is 35.2 Å². The molecule has 1 aromatic carbocycles. The van der Waals surface area contributed by atoms with Crippen molar-refractivity contribution >= 4 is 15.9 Å². The number of amides is 1. The molecule has 1 amide bonds. The first-order valence-electron chi connectivity index (χ1n) is 7.85. The van der Waals surface area contributed by atoms with Crippen LogP contribution in [0.4, 0.5) is 0 Å². The normalized spacial score (nSPS) is 16.3. The van der Waals surface area contributed by atoms with E-state index >= 15 is 0 Å². The Labute approximate surface area is 137 Å². The Morgan fingerprint density at radius 2 is 1.96 bits per heavy atom. The number of carbonyl (C=O) groups excluding carboxylic acids is 1. The largest absolute Gasteiger partial charge is 0.383 e. The van der Waals surface area contributed by atoms with Gasteiger partial charge in [-0.2, -0.15) is 4.31 Å². The van der Waals surface area contributed by atoms with E-state index in [9.17, 15) is 13.2 Å². The quantitative estimate of drug-likeness (QED) is 0.797. The molecule has 1 fully saturated rings. The lowest BCUT2D eigenvalue weighted by atomic mass is 10.1. The minimum Gasteiger partial charge on any atom is -0.383 e. The van der Waals surface area contributed by atoms with Crippen molar-refractivity contribution < 1.29 is 17.9 Å². The Kier molecular flexibility index (Phi) is 6.15. The van der Waals surface area contributed by atoms with E-state index in [2.05, 4.69) is 5.32 Å². The predicted molar refractivity (Wildman–Crippen MR) is 88.0 cm³/mol. The molecule has 1 aliphatic heterocycles. The average Bonchev–Trinajstić information content (AvgIpc) is 2.56. The molecule has 23 heavy (non-hydrogen) atoms. The van der Waals surface area contributed by atoms with Gasteiger partial charge in [-0.3, -0.25) is 4.79 Å². The van der Waals surface area contributed by atoms with Crippen molar-refractivity contribution in [2.45, 2.75) is 31.1 Å². The summed E-state index contributed by atoms with van der Waals surface area (Å²) in [6.45, 7) is 3.65. The van der Waals surface area contributed by atoms with E-state index in [1.807, 2.05) is 0 Å². The topological polar surface area (TPSA) is 75.7 Å². The van der Waals surface area contributed by atoms with Gasteiger partial charge in [0.2, 0.25) is 10.0 Å². The summed E-state index contributed by atoms with van der Waals surface area (Å²) in [7, 11) is -1.99. The van der Waals surface area contributed by atoms with Gasteiger partial charge in [0.05, 0.1) is 11.5 Å². The molecule has 0 aromatic heterocycles. The first-order valence-corrected chi connectivity index (χ1v) is 9.29. The van der Waals surface area contributed by atoms with Gasteiger partial charge in [-0.05, 0) is 37.5 Å². The zero-order valence-electron chi connectivity index (χ0n) is 13.7. The van der Waals surface area contributed by atoms with Crippen molar-refractivity contribution in [1.29, 1.82) is 0 Å². The van der Waals surface area contributed by atoms with Crippen LogP contribution in [0.2, 0.25) is 0 Å². The van der Waals surface area contributed by atoms with Crippen LogP contribution in [-0.2, 0) is 14.8 Å². The highest BCUT2D eigenvalue weighted by atomic mass is 32.2. The first-order chi connectivity index (χ1) is 11.0. The molecule has 0 radical (unpaired) electrons. The van der Waals surface area contributed by atoms with E-state index in [-0.39, 0.29) is 10.8 Å². The number of rotatable bonds is 6. The lowest BCUT2D eigenvalue weighted by Crippen LogP contribution is -2.36. The number of hydrogen-bond acceptors (Lipinski definition) is 4. The van der Waals surface area contributed by atoms with E-state index < -0.39 is 10.0 Å². The number of hydrogen-bond donors (Lipinski definition) is 1. The Bertz CT molecular complexity index is 652. The number of carbonyl (C=O) groups is 1. The Morgan fingerprint density at radius 1 is 1.26 bits per heavy atom. The van der Waals surface area contributed by atoms with Crippen molar-refractivity contribution in [2.75, 3.05) is 33.4 Å². The number of aryl methyl sites for hydroxylation is 1. The molecule has 7 heteroatoms. The van der Waals surface area contributed by atoms with Crippen LogP contribution in [0.5, 0.6) is 0 Å². The second-order valence-electron chi connectivity index (χ2n) is 5.69. The molecule has 1 aromatic rings. The number of ether oxygens (including phenoxy) is 1. The van der Waals surface area contributed by atoms with Crippen LogP contribution in [0.3, 0.4) is 0 Å². The third-order valence-electron chi connectivity index (χ3n) is 3.97. The Balaban J connectivity index is 2.24. The third-order valence-corrected chi connectivity index (χ3v) is 6.02. The highest BCUT2D eigenvalue weighted by molar-refractivity contribution is 7.89. The molecule has 0 saturated carbocycles. The monoisotopic (exact) mass is 340 g/mol. The van der Waals surface area contributed by atoms with E-state index in [0.717, 1.165) is 19.3 Å². The second-order valence-corrected chi connectivity index (χ2v) is 7.60. The van der Waals surface area contributed by atoms with Crippen LogP contribution in [0.15, 0.2) is 23.1 Å². The molecule has 0 spiro atoms. The molecule has 0 aliphatic carbocycles. The standard InChI is InChI=1S/C16H24N2O4S/c1-13-6-7-14(16(19)17-8-11-22-2)12-15(13)23(20,21)18-9-4-3-5-10-18/h6-7,12H,3-5,8-11H2,1-2H3,(H,17,19). The fraction of sp³-hybridized carbons (Fsp3) is 0.562. The van der Waals surface area contributed by atoms with Crippen molar-refractivity contribution in [1.82, 2.24) is 9.62 Å². The van der Waals surface area contributed by atoms with Crippen LogP contribution in [0, 0.1) is 6.92 Å². The van der Waals surface area contributed by atoms with Gasteiger partial charge in [0.1, 0.15) is 0 Å². The lowest BCUT2D eigenvalue weighted by Gasteiger charge is -2.26. The van der Waals surface area contributed by atoms with Gasteiger partial charge in [-0.25, -0.2) is 8.42 Å². The molecule has 2 rings (SSSR count). The molecular formula is C16H24N2O4S. The highest BCUT2D eigenvalue weighted by Crippen LogP contribution is 2.24. The second kappa shape index (κ2) is 7.90. The van der Waals surface area contributed by atoms with Crippen LogP contribution in [-0.4, -0.2) is 52.0 Å². The smallest absolute Gasteiger partial charge is 0.251 e. The van der Waals surface area contributed by atoms with Crippen LogP contribution >= 0.6 is 0 Å². The summed E-state index contributed by atoms with van der Waals surface area (Å²) >= 11 is 0. The van der Waals surface area contributed by atoms with Gasteiger partial charge in [0, 0.05) is 32.3 Å². The van der Waals surface area contributed by atoms with E-state index in [1.54, 1.807) is 26.2 Å². The molecule has 128 valence electrons. The molecular weight excluding hydrogens is 316 g/mol. The molecule has 1 heterocycles. The number of sulfonamides is 1. The molecule has 1 N–H and O–H groups in total. The van der Waals surface area contributed by atoms with Crippen molar-refractivity contribution in [3.05, 3.63) is 29.3 Å². The third kappa shape index (κ3) is 4.31. The van der Waals surface area contributed by atoms with Gasteiger partial charge >= 0.3 is 0 Å². The van der Waals surface area contributed by atoms with Crippen molar-refractivity contribution in [2.24, 2.45) is 0 Å². The number of nitrogens with zero attached hydrogens (tertiary/aromatic N) is 1. The predicted octanol–water partition coefficient (Wildman–Crippen LogP) is 1.55. The average molecular weight is 340 g/mol. The lowest BCUT2D eigenvalue weighted by molar-refractivity contribution is 0.0937. The molecule has 0 bridgehead atoms. The van der Waals surface area contributed by atoms with Crippen molar-refractivity contribution in [3.63, 3.8) is 0 Å². The minimum absolute atomic E-state index is 0.221. The van der Waals surface area contributed by atoms with Gasteiger partial charge in [0.25, 0.3) is 5.91 Å². The maximum atomic E-state index is 12.8. The number of benzene rings is 1. The van der Waals surface area contributed by atoms with E-state index in [1.165, 1.54) is 10.4 Å². The molecule has 0 atom stereocenters. The van der Waals surface area contributed by atoms with Crippen LogP contribution in [0.25, 0.3) is 0 Å². The summed E-state index contributed by atoms with van der Waals surface area (Å²) in [5.41, 5.74) is 1.01. The minimum atomic E-state index is -3.55. The van der Waals surface area contributed by atoms with Gasteiger partial charge in [-0.1, -0.05) is 12.5 Å². The summed E-state index contributed by atoms with van der Waals surface area (Å²) in [6.07, 6.45) is 2.83. The maximum Gasteiger partial charge on any atom is 0.251 e. The summed E-state index contributed by atoms with van der Waals surface area (Å²) in [6, 6.07) is 4.80. The zero-order chi connectivity index (χ0) is 16.9. The number of methoxy groups -OCH3 is 1. The Hall–Kier alpha value is -1.44. The van der Waals surface area contributed by atoms with Gasteiger partial charge in [0.15, 0.2) is 0 Å². The summed E-state index contributed by atoms with van der Waals surface area (Å²) < 4.78 is 32.0. The van der Waals surface area contributed by atoms with Gasteiger partial charge < -0.3 is 10.1 Å². The fourth-order valence-corrected chi connectivity index (χ4v) is 4.40.